The summed E-state index contributed by atoms with van der Waals surface area (Å²) in [4.78, 5) is 13.2. The zero-order valence-corrected chi connectivity index (χ0v) is 11.5. The molecule has 0 fully saturated rings. The standard InChI is InChI=1S/C14H23NO3/c1-4-11(5-2)9-15(6-3)10-13-12(14(16)17)7-8-18-13/h7-8,11H,4-6,9-10H2,1-3H3,(H,16,17). The van der Waals surface area contributed by atoms with Crippen LogP contribution in [0, 0.1) is 5.92 Å². The van der Waals surface area contributed by atoms with Crippen LogP contribution in [0.25, 0.3) is 0 Å². The van der Waals surface area contributed by atoms with E-state index in [-0.39, 0.29) is 5.56 Å². The molecule has 4 heteroatoms. The van der Waals surface area contributed by atoms with Crippen molar-refractivity contribution in [3.05, 3.63) is 23.7 Å². The van der Waals surface area contributed by atoms with Crippen molar-refractivity contribution in [3.8, 4) is 0 Å². The second-order valence-corrected chi connectivity index (χ2v) is 4.57. The average molecular weight is 253 g/mol. The zero-order chi connectivity index (χ0) is 13.5. The number of nitrogens with zero attached hydrogens (tertiary/aromatic N) is 1. The van der Waals surface area contributed by atoms with Gasteiger partial charge in [0, 0.05) is 6.54 Å². The van der Waals surface area contributed by atoms with Gasteiger partial charge < -0.3 is 9.52 Å². The Balaban J connectivity index is 2.67. The first-order valence-electron chi connectivity index (χ1n) is 6.64. The highest BCUT2D eigenvalue weighted by Gasteiger charge is 2.17. The second kappa shape index (κ2) is 7.21. The molecule has 0 aromatic carbocycles. The summed E-state index contributed by atoms with van der Waals surface area (Å²) >= 11 is 0. The van der Waals surface area contributed by atoms with Crippen LogP contribution in [0.15, 0.2) is 16.7 Å². The lowest BCUT2D eigenvalue weighted by molar-refractivity contribution is 0.0692. The van der Waals surface area contributed by atoms with Crippen molar-refractivity contribution in [1.82, 2.24) is 4.90 Å². The molecule has 0 unspecified atom stereocenters. The van der Waals surface area contributed by atoms with E-state index in [2.05, 4.69) is 25.7 Å². The molecule has 0 atom stereocenters. The molecule has 0 amide bonds. The predicted molar refractivity (Wildman–Crippen MR) is 70.7 cm³/mol. The molecule has 0 saturated heterocycles. The lowest BCUT2D eigenvalue weighted by Crippen LogP contribution is -2.29. The van der Waals surface area contributed by atoms with E-state index in [0.29, 0.717) is 18.2 Å². The van der Waals surface area contributed by atoms with E-state index < -0.39 is 5.97 Å². The average Bonchev–Trinajstić information content (AvgIpc) is 2.82. The highest BCUT2D eigenvalue weighted by Crippen LogP contribution is 2.16. The molecule has 102 valence electrons. The second-order valence-electron chi connectivity index (χ2n) is 4.57. The summed E-state index contributed by atoms with van der Waals surface area (Å²) in [6.45, 7) is 8.93. The summed E-state index contributed by atoms with van der Waals surface area (Å²) in [7, 11) is 0. The van der Waals surface area contributed by atoms with Crippen LogP contribution < -0.4 is 0 Å². The molecule has 1 N–H and O–H groups in total. The van der Waals surface area contributed by atoms with E-state index in [1.807, 2.05) is 0 Å². The minimum Gasteiger partial charge on any atom is -0.478 e. The Bertz CT molecular complexity index is 369. The zero-order valence-electron chi connectivity index (χ0n) is 11.5. The summed E-state index contributed by atoms with van der Waals surface area (Å²) in [5, 5.41) is 9.04. The molecule has 18 heavy (non-hydrogen) atoms. The minimum atomic E-state index is -0.919. The third-order valence-electron chi connectivity index (χ3n) is 3.46. The Labute approximate surface area is 109 Å². The fourth-order valence-corrected chi connectivity index (χ4v) is 2.07. The number of aromatic carboxylic acids is 1. The normalized spacial score (nSPS) is 11.4. The molecule has 0 radical (unpaired) electrons. The van der Waals surface area contributed by atoms with Crippen molar-refractivity contribution in [3.63, 3.8) is 0 Å². The van der Waals surface area contributed by atoms with Gasteiger partial charge in [0.15, 0.2) is 0 Å². The molecule has 0 aliphatic heterocycles. The molecule has 0 aliphatic rings. The smallest absolute Gasteiger partial charge is 0.339 e. The Kier molecular flexibility index (Phi) is 5.92. The Morgan fingerprint density at radius 3 is 2.56 bits per heavy atom. The summed E-state index contributed by atoms with van der Waals surface area (Å²) in [6, 6.07) is 1.52. The molecule has 0 aliphatic carbocycles. The van der Waals surface area contributed by atoms with E-state index in [1.54, 1.807) is 0 Å². The van der Waals surface area contributed by atoms with Gasteiger partial charge in [0.25, 0.3) is 0 Å². The van der Waals surface area contributed by atoms with Crippen LogP contribution in [-0.2, 0) is 6.54 Å². The predicted octanol–water partition coefficient (Wildman–Crippen LogP) is 3.24. The van der Waals surface area contributed by atoms with Crippen molar-refractivity contribution >= 4 is 5.97 Å². The fourth-order valence-electron chi connectivity index (χ4n) is 2.07. The number of carboxylic acids is 1. The van der Waals surface area contributed by atoms with Crippen LogP contribution in [-0.4, -0.2) is 29.1 Å². The monoisotopic (exact) mass is 253 g/mol. The Hall–Kier alpha value is -1.29. The van der Waals surface area contributed by atoms with Gasteiger partial charge in [0.2, 0.25) is 0 Å². The van der Waals surface area contributed by atoms with E-state index >= 15 is 0 Å². The largest absolute Gasteiger partial charge is 0.478 e. The highest BCUT2D eigenvalue weighted by molar-refractivity contribution is 5.88. The first-order chi connectivity index (χ1) is 8.62. The van der Waals surface area contributed by atoms with Gasteiger partial charge in [-0.15, -0.1) is 0 Å². The van der Waals surface area contributed by atoms with Gasteiger partial charge in [0.05, 0.1) is 12.8 Å². The van der Waals surface area contributed by atoms with E-state index in [4.69, 9.17) is 9.52 Å². The molecule has 1 rings (SSSR count). The lowest BCUT2D eigenvalue weighted by Gasteiger charge is -2.24. The van der Waals surface area contributed by atoms with Crippen molar-refractivity contribution < 1.29 is 14.3 Å². The number of carboxylic acid groups (broad SMARTS) is 1. The SMILES string of the molecule is CCC(CC)CN(CC)Cc1occc1C(=O)O. The number of hydrogen-bond donors (Lipinski definition) is 1. The molecule has 1 aromatic heterocycles. The first-order valence-corrected chi connectivity index (χ1v) is 6.64. The van der Waals surface area contributed by atoms with E-state index in [0.717, 1.165) is 25.9 Å². The Morgan fingerprint density at radius 2 is 2.06 bits per heavy atom. The van der Waals surface area contributed by atoms with Crippen LogP contribution in [0.3, 0.4) is 0 Å². The van der Waals surface area contributed by atoms with Crippen molar-refractivity contribution in [2.45, 2.75) is 40.2 Å². The quantitative estimate of drug-likeness (QED) is 0.772. The third kappa shape index (κ3) is 3.88. The number of furan rings is 1. The third-order valence-corrected chi connectivity index (χ3v) is 3.46. The van der Waals surface area contributed by atoms with Gasteiger partial charge in [0.1, 0.15) is 11.3 Å². The maximum Gasteiger partial charge on any atom is 0.339 e. The molecule has 0 spiro atoms. The maximum absolute atomic E-state index is 11.0. The van der Waals surface area contributed by atoms with Crippen LogP contribution in [0.2, 0.25) is 0 Å². The number of hydrogen-bond acceptors (Lipinski definition) is 3. The first kappa shape index (κ1) is 14.8. The highest BCUT2D eigenvalue weighted by atomic mass is 16.4. The Morgan fingerprint density at radius 1 is 1.39 bits per heavy atom. The van der Waals surface area contributed by atoms with Crippen molar-refractivity contribution in [2.24, 2.45) is 5.92 Å². The molecule has 4 nitrogen and oxygen atoms in total. The van der Waals surface area contributed by atoms with E-state index in [1.165, 1.54) is 12.3 Å². The number of carbonyl (C=O) groups is 1. The van der Waals surface area contributed by atoms with Crippen LogP contribution >= 0.6 is 0 Å². The molecular weight excluding hydrogens is 230 g/mol. The van der Waals surface area contributed by atoms with Crippen LogP contribution in [0.5, 0.6) is 0 Å². The van der Waals surface area contributed by atoms with Crippen molar-refractivity contribution in [2.75, 3.05) is 13.1 Å². The minimum absolute atomic E-state index is 0.276. The van der Waals surface area contributed by atoms with Gasteiger partial charge in [-0.3, -0.25) is 4.90 Å². The van der Waals surface area contributed by atoms with Gasteiger partial charge in [-0.1, -0.05) is 33.6 Å². The van der Waals surface area contributed by atoms with Gasteiger partial charge in [-0.25, -0.2) is 4.79 Å². The topological polar surface area (TPSA) is 53.7 Å². The van der Waals surface area contributed by atoms with Crippen LogP contribution in [0.4, 0.5) is 0 Å². The van der Waals surface area contributed by atoms with Gasteiger partial charge >= 0.3 is 5.97 Å². The molecule has 0 saturated carbocycles. The molecule has 0 bridgehead atoms. The fraction of sp³-hybridized carbons (Fsp3) is 0.643. The van der Waals surface area contributed by atoms with Crippen molar-refractivity contribution in [1.29, 1.82) is 0 Å². The maximum atomic E-state index is 11.0. The van der Waals surface area contributed by atoms with Gasteiger partial charge in [-0.05, 0) is 18.5 Å². The molecule has 1 aromatic rings. The van der Waals surface area contributed by atoms with Gasteiger partial charge in [-0.2, -0.15) is 0 Å². The summed E-state index contributed by atoms with van der Waals surface area (Å²) in [5.74, 6) is 0.292. The van der Waals surface area contributed by atoms with E-state index in [9.17, 15) is 4.79 Å². The van der Waals surface area contributed by atoms with Crippen LogP contribution in [0.1, 0.15) is 49.7 Å². The number of rotatable bonds is 8. The molecular formula is C14H23NO3. The molecule has 1 heterocycles. The summed E-state index contributed by atoms with van der Waals surface area (Å²) < 4.78 is 5.28. The lowest BCUT2D eigenvalue weighted by atomic mass is 10.0. The summed E-state index contributed by atoms with van der Waals surface area (Å²) in [5.41, 5.74) is 0.276. The summed E-state index contributed by atoms with van der Waals surface area (Å²) in [6.07, 6.45) is 3.75.